The Morgan fingerprint density at radius 3 is 3.07 bits per heavy atom. The Kier molecular flexibility index (Phi) is 3.60. The van der Waals surface area contributed by atoms with Gasteiger partial charge in [-0.2, -0.15) is 5.26 Å². The van der Waals surface area contributed by atoms with Crippen molar-refractivity contribution in [3.05, 3.63) is 0 Å². The number of carbonyl (C=O) groups excluding carboxylic acids is 2. The standard InChI is InChI=1S/C9H13N3O2/c10-6-7-2-1-4-12(7)9(14)8(11)3-5-13/h5,7-8H,1-4,11H2. The maximum absolute atomic E-state index is 11.6. The van der Waals surface area contributed by atoms with E-state index in [2.05, 4.69) is 6.07 Å². The molecule has 2 atom stereocenters. The van der Waals surface area contributed by atoms with Gasteiger partial charge in [-0.25, -0.2) is 0 Å². The number of rotatable bonds is 3. The first-order valence-electron chi connectivity index (χ1n) is 4.60. The summed E-state index contributed by atoms with van der Waals surface area (Å²) in [6, 6.07) is 0.902. The van der Waals surface area contributed by atoms with Crippen molar-refractivity contribution in [1.82, 2.24) is 4.90 Å². The molecule has 0 bridgehead atoms. The van der Waals surface area contributed by atoms with Gasteiger partial charge in [0, 0.05) is 13.0 Å². The van der Waals surface area contributed by atoms with Crippen molar-refractivity contribution in [3.8, 4) is 6.07 Å². The highest BCUT2D eigenvalue weighted by Gasteiger charge is 2.31. The molecule has 0 radical (unpaired) electrons. The Labute approximate surface area is 82.5 Å². The molecule has 0 saturated carbocycles. The molecule has 0 aromatic rings. The fourth-order valence-electron chi connectivity index (χ4n) is 1.58. The number of amides is 1. The topological polar surface area (TPSA) is 87.2 Å². The third-order valence-electron chi connectivity index (χ3n) is 2.35. The summed E-state index contributed by atoms with van der Waals surface area (Å²) in [5.41, 5.74) is 5.49. The molecule has 1 amide bonds. The van der Waals surface area contributed by atoms with Crippen LogP contribution in [0.25, 0.3) is 0 Å². The minimum Gasteiger partial charge on any atom is -0.325 e. The smallest absolute Gasteiger partial charge is 0.241 e. The number of nitriles is 1. The number of carbonyl (C=O) groups is 2. The molecule has 1 aliphatic rings. The molecule has 0 spiro atoms. The van der Waals surface area contributed by atoms with Gasteiger partial charge in [0.2, 0.25) is 5.91 Å². The van der Waals surface area contributed by atoms with Crippen molar-refractivity contribution in [3.63, 3.8) is 0 Å². The van der Waals surface area contributed by atoms with Gasteiger partial charge in [-0.1, -0.05) is 0 Å². The fraction of sp³-hybridized carbons (Fsp3) is 0.667. The summed E-state index contributed by atoms with van der Waals surface area (Å²) < 4.78 is 0. The van der Waals surface area contributed by atoms with Crippen LogP contribution in [-0.4, -0.2) is 35.7 Å². The first-order valence-corrected chi connectivity index (χ1v) is 4.60. The monoisotopic (exact) mass is 195 g/mol. The fourth-order valence-corrected chi connectivity index (χ4v) is 1.58. The molecule has 1 rings (SSSR count). The number of hydrogen-bond donors (Lipinski definition) is 1. The van der Waals surface area contributed by atoms with E-state index < -0.39 is 6.04 Å². The minimum absolute atomic E-state index is 0.0213. The predicted octanol–water partition coefficient (Wildman–Crippen LogP) is -0.583. The molecule has 1 fully saturated rings. The number of nitrogens with zero attached hydrogens (tertiary/aromatic N) is 2. The Morgan fingerprint density at radius 1 is 1.79 bits per heavy atom. The van der Waals surface area contributed by atoms with Crippen LogP contribution < -0.4 is 5.73 Å². The molecule has 0 aromatic carbocycles. The lowest BCUT2D eigenvalue weighted by atomic mass is 10.2. The predicted molar refractivity (Wildman–Crippen MR) is 49.0 cm³/mol. The van der Waals surface area contributed by atoms with Crippen LogP contribution in [0.15, 0.2) is 0 Å². The van der Waals surface area contributed by atoms with Gasteiger partial charge in [0.1, 0.15) is 12.3 Å². The van der Waals surface area contributed by atoms with Crippen molar-refractivity contribution in [1.29, 1.82) is 5.26 Å². The van der Waals surface area contributed by atoms with Crippen molar-refractivity contribution in [2.24, 2.45) is 5.73 Å². The van der Waals surface area contributed by atoms with Gasteiger partial charge >= 0.3 is 0 Å². The van der Waals surface area contributed by atoms with E-state index >= 15 is 0 Å². The highest BCUT2D eigenvalue weighted by atomic mass is 16.2. The number of nitrogens with two attached hydrogens (primary N) is 1. The van der Waals surface area contributed by atoms with E-state index in [9.17, 15) is 9.59 Å². The lowest BCUT2D eigenvalue weighted by Gasteiger charge is -2.22. The van der Waals surface area contributed by atoms with Gasteiger partial charge in [-0.15, -0.1) is 0 Å². The Hall–Kier alpha value is -1.41. The molecule has 5 heteroatoms. The Bertz CT molecular complexity index is 272. The van der Waals surface area contributed by atoms with Crippen molar-refractivity contribution in [2.75, 3.05) is 6.54 Å². The number of likely N-dealkylation sites (tertiary alicyclic amines) is 1. The van der Waals surface area contributed by atoms with Crippen LogP contribution >= 0.6 is 0 Å². The second-order valence-electron chi connectivity index (χ2n) is 3.33. The highest BCUT2D eigenvalue weighted by Crippen LogP contribution is 2.17. The maximum Gasteiger partial charge on any atom is 0.241 e. The first-order chi connectivity index (χ1) is 6.70. The zero-order valence-corrected chi connectivity index (χ0v) is 7.85. The molecule has 2 unspecified atom stereocenters. The van der Waals surface area contributed by atoms with E-state index in [1.54, 1.807) is 0 Å². The average Bonchev–Trinajstić information content (AvgIpc) is 2.64. The Balaban J connectivity index is 2.60. The van der Waals surface area contributed by atoms with E-state index in [-0.39, 0.29) is 18.4 Å². The lowest BCUT2D eigenvalue weighted by Crippen LogP contribution is -2.45. The highest BCUT2D eigenvalue weighted by molar-refractivity contribution is 5.84. The summed E-state index contributed by atoms with van der Waals surface area (Å²) >= 11 is 0. The molecular formula is C9H13N3O2. The van der Waals surface area contributed by atoms with Crippen LogP contribution in [0.5, 0.6) is 0 Å². The van der Waals surface area contributed by atoms with Crippen molar-refractivity contribution in [2.45, 2.75) is 31.3 Å². The lowest BCUT2D eigenvalue weighted by molar-refractivity contribution is -0.133. The van der Waals surface area contributed by atoms with Crippen LogP contribution in [0.2, 0.25) is 0 Å². The second kappa shape index (κ2) is 4.72. The van der Waals surface area contributed by atoms with Gasteiger partial charge in [0.05, 0.1) is 12.1 Å². The van der Waals surface area contributed by atoms with Crippen LogP contribution in [0.3, 0.4) is 0 Å². The van der Waals surface area contributed by atoms with Gasteiger partial charge in [0.15, 0.2) is 0 Å². The Morgan fingerprint density at radius 2 is 2.50 bits per heavy atom. The summed E-state index contributed by atoms with van der Waals surface area (Å²) in [6.07, 6.45) is 2.18. The van der Waals surface area contributed by atoms with Crippen molar-refractivity contribution < 1.29 is 9.59 Å². The number of aldehydes is 1. The molecule has 5 nitrogen and oxygen atoms in total. The third kappa shape index (κ3) is 2.09. The second-order valence-corrected chi connectivity index (χ2v) is 3.33. The summed E-state index contributed by atoms with van der Waals surface area (Å²) in [5, 5.41) is 8.74. The number of hydrogen-bond acceptors (Lipinski definition) is 4. The first kappa shape index (κ1) is 10.7. The van der Waals surface area contributed by atoms with Gasteiger partial charge in [-0.3, -0.25) is 4.79 Å². The molecule has 1 heterocycles. The molecule has 1 aliphatic heterocycles. The zero-order valence-electron chi connectivity index (χ0n) is 7.85. The molecule has 14 heavy (non-hydrogen) atoms. The van der Waals surface area contributed by atoms with Crippen LogP contribution in [0.4, 0.5) is 0 Å². The summed E-state index contributed by atoms with van der Waals surface area (Å²) in [4.78, 5) is 23.2. The van der Waals surface area contributed by atoms with Gasteiger partial charge in [0.25, 0.3) is 0 Å². The van der Waals surface area contributed by atoms with E-state index in [1.807, 2.05) is 0 Å². The third-order valence-corrected chi connectivity index (χ3v) is 2.35. The molecule has 0 aromatic heterocycles. The molecule has 1 saturated heterocycles. The van der Waals surface area contributed by atoms with Gasteiger partial charge < -0.3 is 15.4 Å². The van der Waals surface area contributed by atoms with Crippen LogP contribution in [0.1, 0.15) is 19.3 Å². The summed E-state index contributed by atoms with van der Waals surface area (Å²) in [5.74, 6) is -0.291. The van der Waals surface area contributed by atoms with E-state index in [1.165, 1.54) is 4.90 Å². The molecular weight excluding hydrogens is 182 g/mol. The van der Waals surface area contributed by atoms with E-state index in [0.717, 1.165) is 6.42 Å². The van der Waals surface area contributed by atoms with Crippen LogP contribution in [0, 0.1) is 11.3 Å². The normalized spacial score (nSPS) is 22.9. The minimum atomic E-state index is -0.790. The van der Waals surface area contributed by atoms with E-state index in [4.69, 9.17) is 11.0 Å². The average molecular weight is 195 g/mol. The van der Waals surface area contributed by atoms with Crippen LogP contribution in [-0.2, 0) is 9.59 Å². The summed E-state index contributed by atoms with van der Waals surface area (Å²) in [7, 11) is 0. The largest absolute Gasteiger partial charge is 0.325 e. The zero-order chi connectivity index (χ0) is 10.6. The van der Waals surface area contributed by atoms with Gasteiger partial charge in [-0.05, 0) is 12.8 Å². The maximum atomic E-state index is 11.6. The summed E-state index contributed by atoms with van der Waals surface area (Å²) in [6.45, 7) is 0.573. The SMILES string of the molecule is N#CC1CCCN1C(=O)C(N)CC=O. The van der Waals surface area contributed by atoms with E-state index in [0.29, 0.717) is 19.3 Å². The quantitative estimate of drug-likeness (QED) is 0.610. The molecule has 76 valence electrons. The molecule has 2 N–H and O–H groups in total. The molecule has 0 aliphatic carbocycles. The van der Waals surface area contributed by atoms with Crippen molar-refractivity contribution >= 4 is 12.2 Å².